The summed E-state index contributed by atoms with van der Waals surface area (Å²) >= 11 is 0. The molecule has 1 aliphatic carbocycles. The Hall–Kier alpha value is -4.45. The van der Waals surface area contributed by atoms with Gasteiger partial charge in [0.15, 0.2) is 0 Å². The van der Waals surface area contributed by atoms with Gasteiger partial charge in [0.2, 0.25) is 11.8 Å². The Balaban J connectivity index is 0.000000176. The van der Waals surface area contributed by atoms with Crippen molar-refractivity contribution in [2.24, 2.45) is 5.92 Å². The van der Waals surface area contributed by atoms with Crippen molar-refractivity contribution in [2.75, 3.05) is 107 Å². The summed E-state index contributed by atoms with van der Waals surface area (Å²) in [6.45, 7) is 27.6. The number of amides is 2. The van der Waals surface area contributed by atoms with Gasteiger partial charge in [-0.1, -0.05) is 77.9 Å². The predicted octanol–water partition coefficient (Wildman–Crippen LogP) is 6.45. The number of carbonyl (C=O) groups excluding carboxylic acids is 3. The Kier molecular flexibility index (Phi) is 18.7. The zero-order valence-corrected chi connectivity index (χ0v) is 39.5. The molecule has 11 nitrogen and oxygen atoms in total. The topological polar surface area (TPSA) is 112 Å². The number of hydrogen-bond acceptors (Lipinski definition) is 9. The first-order valence-electron chi connectivity index (χ1n) is 23.4. The molecule has 1 saturated carbocycles. The summed E-state index contributed by atoms with van der Waals surface area (Å²) in [5.74, 6) is 2.46. The molecule has 0 bridgehead atoms. The second kappa shape index (κ2) is 23.8. The SMILES string of the molecule is CC(=O)NCc1cc(C(C)C)ccc1N1CCNCC1.CC(C)c1ccc(N2CCNCC2)c(CC(=O)C2CC2)c1.CC(C)c1ccc(N2CCNCC2)c(CC(=O)N(C)C)c1. The van der Waals surface area contributed by atoms with Gasteiger partial charge in [0.25, 0.3) is 0 Å². The fourth-order valence-electron chi connectivity index (χ4n) is 8.24. The average molecular weight is 851 g/mol. The van der Waals surface area contributed by atoms with Crippen LogP contribution in [-0.2, 0) is 33.8 Å². The quantitative estimate of drug-likeness (QED) is 0.154. The average Bonchev–Trinajstić information content (AvgIpc) is 4.13. The zero-order chi connectivity index (χ0) is 44.8. The second-order valence-corrected chi connectivity index (χ2v) is 18.6. The third-order valence-corrected chi connectivity index (χ3v) is 12.4. The maximum Gasteiger partial charge on any atom is 0.226 e. The summed E-state index contributed by atoms with van der Waals surface area (Å²) in [7, 11) is 3.64. The van der Waals surface area contributed by atoms with Crippen molar-refractivity contribution in [1.29, 1.82) is 0 Å². The molecule has 0 atom stereocenters. The van der Waals surface area contributed by atoms with E-state index < -0.39 is 0 Å². The summed E-state index contributed by atoms with van der Waals surface area (Å²) in [4.78, 5) is 44.5. The van der Waals surface area contributed by atoms with Gasteiger partial charge < -0.3 is 40.9 Å². The number of carbonyl (C=O) groups is 3. The van der Waals surface area contributed by atoms with E-state index in [1.54, 1.807) is 11.8 Å². The van der Waals surface area contributed by atoms with Gasteiger partial charge in [0.1, 0.15) is 5.78 Å². The van der Waals surface area contributed by atoms with E-state index in [4.69, 9.17) is 0 Å². The van der Waals surface area contributed by atoms with Gasteiger partial charge in [-0.25, -0.2) is 0 Å². The Morgan fingerprint density at radius 3 is 1.27 bits per heavy atom. The van der Waals surface area contributed by atoms with Gasteiger partial charge in [-0.05, 0) is 82.2 Å². The third-order valence-electron chi connectivity index (χ3n) is 12.4. The zero-order valence-electron chi connectivity index (χ0n) is 39.5. The minimum absolute atomic E-state index is 0.0196. The monoisotopic (exact) mass is 851 g/mol. The van der Waals surface area contributed by atoms with E-state index in [-0.39, 0.29) is 11.8 Å². The van der Waals surface area contributed by atoms with E-state index in [1.165, 1.54) is 44.9 Å². The van der Waals surface area contributed by atoms with E-state index in [9.17, 15) is 14.4 Å². The molecule has 0 aromatic heterocycles. The molecule has 3 aromatic rings. The minimum Gasteiger partial charge on any atom is -0.369 e. The summed E-state index contributed by atoms with van der Waals surface area (Å²) in [6.07, 6.45) is 3.30. The van der Waals surface area contributed by atoms with Crippen molar-refractivity contribution in [3.8, 4) is 0 Å². The molecule has 0 spiro atoms. The third kappa shape index (κ3) is 14.6. The maximum absolute atomic E-state index is 12.3. The van der Waals surface area contributed by atoms with Crippen LogP contribution in [0, 0.1) is 5.92 Å². The molecular weight excluding hydrogens is 773 g/mol. The maximum atomic E-state index is 12.3. The second-order valence-electron chi connectivity index (χ2n) is 18.6. The summed E-state index contributed by atoms with van der Waals surface area (Å²) in [5, 5.41) is 13.1. The van der Waals surface area contributed by atoms with E-state index in [1.807, 2.05) is 14.1 Å². The van der Waals surface area contributed by atoms with Crippen LogP contribution in [0.15, 0.2) is 54.6 Å². The molecule has 0 radical (unpaired) electrons. The Morgan fingerprint density at radius 2 is 0.935 bits per heavy atom. The van der Waals surface area contributed by atoms with Crippen LogP contribution >= 0.6 is 0 Å². The van der Waals surface area contributed by atoms with E-state index in [0.717, 1.165) is 96.9 Å². The fourth-order valence-corrected chi connectivity index (χ4v) is 8.24. The van der Waals surface area contributed by atoms with Crippen LogP contribution in [0.4, 0.5) is 17.1 Å². The Bertz CT molecular complexity index is 1820. The van der Waals surface area contributed by atoms with Crippen molar-refractivity contribution >= 4 is 34.7 Å². The molecule has 2 amide bonds. The lowest BCUT2D eigenvalue weighted by atomic mass is 9.95. The fraction of sp³-hybridized carbons (Fsp3) is 0.588. The number of nitrogens with zero attached hydrogens (tertiary/aromatic N) is 4. The van der Waals surface area contributed by atoms with Gasteiger partial charge in [0.05, 0.1) is 6.42 Å². The first-order chi connectivity index (χ1) is 29.7. The number of nitrogens with one attached hydrogen (secondary N) is 4. The molecule has 3 aliphatic heterocycles. The Morgan fingerprint density at radius 1 is 0.581 bits per heavy atom. The van der Waals surface area contributed by atoms with Crippen molar-refractivity contribution in [1.82, 2.24) is 26.2 Å². The van der Waals surface area contributed by atoms with Gasteiger partial charge >= 0.3 is 0 Å². The highest BCUT2D eigenvalue weighted by molar-refractivity contribution is 5.86. The Labute approximate surface area is 373 Å². The highest BCUT2D eigenvalue weighted by Gasteiger charge is 2.30. The molecule has 3 aromatic carbocycles. The van der Waals surface area contributed by atoms with Crippen LogP contribution in [0.2, 0.25) is 0 Å². The predicted molar refractivity (Wildman–Crippen MR) is 258 cm³/mol. The van der Waals surface area contributed by atoms with Gasteiger partial charge in [-0.15, -0.1) is 0 Å². The number of Topliss-reactive ketones (excluding diaryl/α,β-unsaturated/α-hetero) is 1. The van der Waals surface area contributed by atoms with Crippen molar-refractivity contribution in [2.45, 2.75) is 98.4 Å². The molecule has 4 N–H and O–H groups in total. The van der Waals surface area contributed by atoms with Crippen molar-refractivity contribution in [3.63, 3.8) is 0 Å². The number of ketones is 1. The van der Waals surface area contributed by atoms with E-state index >= 15 is 0 Å². The van der Waals surface area contributed by atoms with Gasteiger partial charge in [-0.2, -0.15) is 0 Å². The van der Waals surface area contributed by atoms with Crippen LogP contribution in [0.25, 0.3) is 0 Å². The number of hydrogen-bond donors (Lipinski definition) is 4. The summed E-state index contributed by atoms with van der Waals surface area (Å²) in [6, 6.07) is 20.0. The van der Waals surface area contributed by atoms with Crippen LogP contribution < -0.4 is 36.0 Å². The largest absolute Gasteiger partial charge is 0.369 e. The smallest absolute Gasteiger partial charge is 0.226 e. The van der Waals surface area contributed by atoms with E-state index in [0.29, 0.717) is 48.8 Å². The first kappa shape index (κ1) is 48.6. The molecule has 11 heteroatoms. The van der Waals surface area contributed by atoms with Gasteiger partial charge in [0, 0.05) is 136 Å². The molecule has 7 rings (SSSR count). The van der Waals surface area contributed by atoms with E-state index in [2.05, 4.69) is 132 Å². The lowest BCUT2D eigenvalue weighted by molar-refractivity contribution is -0.128. The van der Waals surface area contributed by atoms with Crippen LogP contribution in [-0.4, -0.2) is 115 Å². The van der Waals surface area contributed by atoms with Crippen molar-refractivity contribution < 1.29 is 14.4 Å². The highest BCUT2D eigenvalue weighted by atomic mass is 16.2. The highest BCUT2D eigenvalue weighted by Crippen LogP contribution is 2.34. The standard InChI is InChI=1S/C18H26N2O.C17H27N3O.C16H25N3O/c1-13(2)15-5-6-17(20-9-7-19-8-10-20)16(11-15)12-18(21)14-3-4-14;1-13(2)14-5-6-16(20-9-7-18-8-10-20)15(11-14)12-17(21)19(3)4;1-12(2)14-4-5-16(19-8-6-17-7-9-19)15(10-14)11-18-13(3)20/h5-6,11,13-14,19H,3-4,7-10,12H2,1-2H3;5-6,11,13,18H,7-10,12H2,1-4H3;4-5,10,12,17H,6-9,11H2,1-3H3,(H,18,20). The van der Waals surface area contributed by atoms with Gasteiger partial charge in [-0.3, -0.25) is 14.4 Å². The number of rotatable bonds is 13. The van der Waals surface area contributed by atoms with Crippen LogP contribution in [0.3, 0.4) is 0 Å². The molecular formula is C51H78N8O3. The number of piperazine rings is 3. The molecule has 62 heavy (non-hydrogen) atoms. The van der Waals surface area contributed by atoms with Crippen LogP contribution in [0.1, 0.15) is 112 Å². The molecule has 3 saturated heterocycles. The van der Waals surface area contributed by atoms with Crippen LogP contribution in [0.5, 0.6) is 0 Å². The molecule has 4 fully saturated rings. The molecule has 0 unspecified atom stereocenters. The lowest BCUT2D eigenvalue weighted by Crippen LogP contribution is -2.44. The minimum atomic E-state index is 0.0196. The summed E-state index contributed by atoms with van der Waals surface area (Å²) < 4.78 is 0. The number of anilines is 3. The molecule has 3 heterocycles. The molecule has 4 aliphatic rings. The number of benzene rings is 3. The van der Waals surface area contributed by atoms with Crippen molar-refractivity contribution in [3.05, 3.63) is 88.0 Å². The first-order valence-corrected chi connectivity index (χ1v) is 23.4. The lowest BCUT2D eigenvalue weighted by Gasteiger charge is -2.31. The molecule has 340 valence electrons. The summed E-state index contributed by atoms with van der Waals surface area (Å²) in [5.41, 5.74) is 11.3. The normalized spacial score (nSPS) is 16.7. The number of likely N-dealkylation sites (N-methyl/N-ethyl adjacent to an activating group) is 1.